The number of phenols is 1. The topological polar surface area (TPSA) is 101 Å². The SMILES string of the molecule is Nc1ccc(C(=O)Nc2ncnc(Cl)c2Cl)cc1O. The molecular formula is C11H8Cl2N4O2. The van der Waals surface area contributed by atoms with E-state index in [9.17, 15) is 9.90 Å². The zero-order chi connectivity index (χ0) is 14.0. The fourth-order valence-corrected chi connectivity index (χ4v) is 1.58. The molecule has 1 aromatic heterocycles. The Morgan fingerprint density at radius 1 is 1.32 bits per heavy atom. The first-order valence-corrected chi connectivity index (χ1v) is 5.80. The van der Waals surface area contributed by atoms with Crippen LogP contribution in [0.1, 0.15) is 10.4 Å². The van der Waals surface area contributed by atoms with Crippen LogP contribution in [0, 0.1) is 0 Å². The van der Waals surface area contributed by atoms with Gasteiger partial charge in [-0.05, 0) is 18.2 Å². The van der Waals surface area contributed by atoms with E-state index in [0.717, 1.165) is 0 Å². The molecule has 0 fully saturated rings. The van der Waals surface area contributed by atoms with Gasteiger partial charge in [0.2, 0.25) is 0 Å². The summed E-state index contributed by atoms with van der Waals surface area (Å²) in [5, 5.41) is 12.0. The largest absolute Gasteiger partial charge is 0.506 e. The summed E-state index contributed by atoms with van der Waals surface area (Å²) in [6.07, 6.45) is 1.17. The van der Waals surface area contributed by atoms with Gasteiger partial charge in [-0.15, -0.1) is 0 Å². The Morgan fingerprint density at radius 3 is 2.74 bits per heavy atom. The predicted molar refractivity (Wildman–Crippen MR) is 72.5 cm³/mol. The number of carbonyl (C=O) groups is 1. The molecule has 1 heterocycles. The van der Waals surface area contributed by atoms with Crippen molar-refractivity contribution in [3.8, 4) is 5.75 Å². The number of nitrogens with two attached hydrogens (primary N) is 1. The molecule has 0 unspecified atom stereocenters. The van der Waals surface area contributed by atoms with Crippen LogP contribution in [0.2, 0.25) is 10.2 Å². The molecule has 4 N–H and O–H groups in total. The number of amides is 1. The number of nitrogens with zero attached hydrogens (tertiary/aromatic N) is 2. The number of halogens is 2. The molecule has 0 aliphatic carbocycles. The molecular weight excluding hydrogens is 291 g/mol. The molecule has 0 saturated carbocycles. The highest BCUT2D eigenvalue weighted by molar-refractivity contribution is 6.43. The lowest BCUT2D eigenvalue weighted by molar-refractivity contribution is 0.102. The number of hydrogen-bond donors (Lipinski definition) is 3. The minimum atomic E-state index is -0.507. The molecule has 98 valence electrons. The number of nitrogen functional groups attached to an aromatic ring is 1. The molecule has 2 rings (SSSR count). The summed E-state index contributed by atoms with van der Waals surface area (Å²) in [5.41, 5.74) is 5.83. The van der Waals surface area contributed by atoms with Gasteiger partial charge < -0.3 is 16.2 Å². The zero-order valence-electron chi connectivity index (χ0n) is 9.39. The highest BCUT2D eigenvalue weighted by atomic mass is 35.5. The summed E-state index contributed by atoms with van der Waals surface area (Å²) in [7, 11) is 0. The lowest BCUT2D eigenvalue weighted by Crippen LogP contribution is -2.13. The summed E-state index contributed by atoms with van der Waals surface area (Å²) in [5.74, 6) is -0.602. The Morgan fingerprint density at radius 2 is 2.05 bits per heavy atom. The summed E-state index contributed by atoms with van der Waals surface area (Å²) in [6.45, 7) is 0. The van der Waals surface area contributed by atoms with E-state index in [1.54, 1.807) is 0 Å². The molecule has 1 aromatic carbocycles. The van der Waals surface area contributed by atoms with Gasteiger partial charge in [-0.25, -0.2) is 9.97 Å². The second kappa shape index (κ2) is 5.29. The lowest BCUT2D eigenvalue weighted by atomic mass is 10.2. The normalized spacial score (nSPS) is 10.2. The fraction of sp³-hybridized carbons (Fsp3) is 0. The van der Waals surface area contributed by atoms with Crippen LogP contribution >= 0.6 is 23.2 Å². The standard InChI is InChI=1S/C11H8Cl2N4O2/c12-8-9(13)15-4-16-10(8)17-11(19)5-1-2-6(14)7(18)3-5/h1-4,18H,14H2,(H,15,16,17,19). The Hall–Kier alpha value is -2.05. The van der Waals surface area contributed by atoms with Crippen molar-refractivity contribution in [2.45, 2.75) is 0 Å². The quantitative estimate of drug-likeness (QED) is 0.449. The molecule has 0 bridgehead atoms. The van der Waals surface area contributed by atoms with Gasteiger partial charge in [-0.1, -0.05) is 23.2 Å². The molecule has 19 heavy (non-hydrogen) atoms. The molecule has 0 aliphatic heterocycles. The van der Waals surface area contributed by atoms with Gasteiger partial charge in [0, 0.05) is 5.56 Å². The van der Waals surface area contributed by atoms with Crippen LogP contribution in [0.15, 0.2) is 24.5 Å². The maximum atomic E-state index is 11.9. The maximum absolute atomic E-state index is 11.9. The first kappa shape index (κ1) is 13.4. The van der Waals surface area contributed by atoms with Crippen LogP contribution in [0.4, 0.5) is 11.5 Å². The lowest BCUT2D eigenvalue weighted by Gasteiger charge is -2.07. The molecule has 0 saturated heterocycles. The second-order valence-corrected chi connectivity index (χ2v) is 4.29. The molecule has 0 radical (unpaired) electrons. The highest BCUT2D eigenvalue weighted by Crippen LogP contribution is 2.26. The summed E-state index contributed by atoms with van der Waals surface area (Å²) >= 11 is 11.5. The molecule has 6 nitrogen and oxygen atoms in total. The van der Waals surface area contributed by atoms with Gasteiger partial charge in [0.25, 0.3) is 5.91 Å². The number of phenolic OH excluding ortho intramolecular Hbond substituents is 1. The van der Waals surface area contributed by atoms with Crippen molar-refractivity contribution in [2.75, 3.05) is 11.1 Å². The van der Waals surface area contributed by atoms with E-state index in [0.29, 0.717) is 0 Å². The Balaban J connectivity index is 2.26. The van der Waals surface area contributed by atoms with Gasteiger partial charge in [0.15, 0.2) is 11.0 Å². The molecule has 0 aliphatic rings. The van der Waals surface area contributed by atoms with E-state index in [4.69, 9.17) is 28.9 Å². The van der Waals surface area contributed by atoms with Crippen LogP contribution in [0.3, 0.4) is 0 Å². The minimum Gasteiger partial charge on any atom is -0.506 e. The Bertz CT molecular complexity index is 649. The first-order valence-electron chi connectivity index (χ1n) is 5.05. The van der Waals surface area contributed by atoms with Gasteiger partial charge >= 0.3 is 0 Å². The van der Waals surface area contributed by atoms with Crippen molar-refractivity contribution in [3.05, 3.63) is 40.3 Å². The van der Waals surface area contributed by atoms with Crippen LogP contribution in [-0.4, -0.2) is 21.0 Å². The third-order valence-electron chi connectivity index (χ3n) is 2.27. The number of aromatic nitrogens is 2. The second-order valence-electron chi connectivity index (χ2n) is 3.55. The van der Waals surface area contributed by atoms with E-state index in [-0.39, 0.29) is 33.0 Å². The monoisotopic (exact) mass is 298 g/mol. The predicted octanol–water partition coefficient (Wildman–Crippen LogP) is 2.32. The highest BCUT2D eigenvalue weighted by Gasteiger charge is 2.13. The average molecular weight is 299 g/mol. The van der Waals surface area contributed by atoms with E-state index in [2.05, 4.69) is 15.3 Å². The number of nitrogens with one attached hydrogen (secondary N) is 1. The third-order valence-corrected chi connectivity index (χ3v) is 3.01. The molecule has 2 aromatic rings. The zero-order valence-corrected chi connectivity index (χ0v) is 10.9. The van der Waals surface area contributed by atoms with Crippen LogP contribution in [0.5, 0.6) is 5.75 Å². The fourth-order valence-electron chi connectivity index (χ4n) is 1.30. The number of carbonyl (C=O) groups excluding carboxylic acids is 1. The van der Waals surface area contributed by atoms with E-state index in [1.165, 1.54) is 24.5 Å². The van der Waals surface area contributed by atoms with Crippen molar-refractivity contribution in [1.29, 1.82) is 0 Å². The smallest absolute Gasteiger partial charge is 0.256 e. The van der Waals surface area contributed by atoms with E-state index < -0.39 is 5.91 Å². The van der Waals surface area contributed by atoms with Gasteiger partial charge in [0.05, 0.1) is 5.69 Å². The molecule has 1 amide bonds. The summed E-state index contributed by atoms with van der Waals surface area (Å²) in [6, 6.07) is 4.11. The van der Waals surface area contributed by atoms with Crippen molar-refractivity contribution in [3.63, 3.8) is 0 Å². The number of hydrogen-bond acceptors (Lipinski definition) is 5. The van der Waals surface area contributed by atoms with Crippen molar-refractivity contribution >= 4 is 40.6 Å². The summed E-state index contributed by atoms with van der Waals surface area (Å²) in [4.78, 5) is 19.4. The van der Waals surface area contributed by atoms with Gasteiger partial charge in [-0.3, -0.25) is 4.79 Å². The van der Waals surface area contributed by atoms with Crippen molar-refractivity contribution in [1.82, 2.24) is 9.97 Å². The van der Waals surface area contributed by atoms with E-state index >= 15 is 0 Å². The van der Waals surface area contributed by atoms with Crippen LogP contribution < -0.4 is 11.1 Å². The molecule has 0 atom stereocenters. The molecule has 0 spiro atoms. The maximum Gasteiger partial charge on any atom is 0.256 e. The Kier molecular flexibility index (Phi) is 3.73. The summed E-state index contributed by atoms with van der Waals surface area (Å²) < 4.78 is 0. The number of benzene rings is 1. The van der Waals surface area contributed by atoms with Crippen molar-refractivity contribution < 1.29 is 9.90 Å². The number of rotatable bonds is 2. The number of aromatic hydroxyl groups is 1. The third kappa shape index (κ3) is 2.86. The Labute approximate surface area is 118 Å². The van der Waals surface area contributed by atoms with Gasteiger partial charge in [-0.2, -0.15) is 0 Å². The van der Waals surface area contributed by atoms with Gasteiger partial charge in [0.1, 0.15) is 17.1 Å². The average Bonchev–Trinajstić information content (AvgIpc) is 2.38. The first-order chi connectivity index (χ1) is 8.99. The molecule has 8 heteroatoms. The van der Waals surface area contributed by atoms with Crippen LogP contribution in [0.25, 0.3) is 0 Å². The van der Waals surface area contributed by atoms with Crippen LogP contribution in [-0.2, 0) is 0 Å². The number of anilines is 2. The van der Waals surface area contributed by atoms with E-state index in [1.807, 2.05) is 0 Å². The minimum absolute atomic E-state index is 0.0344. The van der Waals surface area contributed by atoms with Crippen molar-refractivity contribution in [2.24, 2.45) is 0 Å².